The number of rotatable bonds is 36. The standard InChI is InChI=1S/C94H128N14O16P2S2/c1-55(80(95)110)102-89(119)93(8,9)106-84(114)59(5)100-86(116)78(52-125(127,63-32-16-12-17-33-63)64-34-18-13-19-35-64)107(91(121)123-50-75-71-44-28-24-40-67(71)68-41-25-29-45-72(68)75)88(118)79(53-126(128,65-36-20-14-21-37-65)66-38-22-15-23-39-66)108(92(122)124-51-76-73-46-30-26-42-69(73)70-43-27-31-47-74(70)76)87(117)60(6)101-81(111)56(2)99-85(115)77(48-62-49-96-54-97-62)104-82(112)57(3)103-90(120)94(10,11)105-83(113)58(4)98-61(7)109/h24-31,40-47,49,54-60,63-66,75-79H,12-23,32-39,48,50-53H2,1-11H3,(H2,95,110)(H,96,97)(H,98,109)(H,99,115)(H,100,116)(H,101,111)(H,102,119)(H,103,120)(H,104,112)(H,105,113)(H,106,114)/t55-,56-,57-,58-,59-,60-,77-,78-,79-/m0/s1. The largest absolute Gasteiger partial charge is 0.448 e. The molecule has 4 aromatic carbocycles. The molecule has 14 amide bonds. The van der Waals surface area contributed by atoms with E-state index < -0.39 is 186 Å². The molecule has 1 heterocycles. The molecule has 128 heavy (non-hydrogen) atoms. The molecule has 11 rings (SSSR count). The average Bonchev–Trinajstić information content (AvgIpc) is 0.974. The van der Waals surface area contributed by atoms with Gasteiger partial charge in [-0.3, -0.25) is 57.5 Å². The number of amides is 14. The number of benzene rings is 4. The number of H-pyrrole nitrogens is 1. The Kier molecular flexibility index (Phi) is 33.6. The summed E-state index contributed by atoms with van der Waals surface area (Å²) in [5, 5.41) is 23.7. The van der Waals surface area contributed by atoms with Crippen LogP contribution in [-0.4, -0.2) is 216 Å². The average molecular weight is 1840 g/mol. The fourth-order valence-corrected chi connectivity index (χ4v) is 31.7. The van der Waals surface area contributed by atoms with Crippen molar-refractivity contribution in [1.29, 1.82) is 0 Å². The Morgan fingerprint density at radius 3 is 1.15 bits per heavy atom. The highest BCUT2D eigenvalue weighted by Crippen LogP contribution is 2.66. The van der Waals surface area contributed by atoms with E-state index in [1.54, 1.807) is 0 Å². The third-order valence-corrected chi connectivity index (χ3v) is 39.9. The normalized spacial score (nSPS) is 18.0. The number of nitrogens with one attached hydrogen (secondary N) is 10. The minimum atomic E-state index is -3.21. The lowest BCUT2D eigenvalue weighted by molar-refractivity contribution is -0.147. The Morgan fingerprint density at radius 1 is 0.430 bits per heavy atom. The first kappa shape index (κ1) is 98.6. The summed E-state index contributed by atoms with van der Waals surface area (Å²) in [5.41, 5.74) is 8.53. The molecule has 34 heteroatoms. The van der Waals surface area contributed by atoms with Crippen LogP contribution in [0.15, 0.2) is 110 Å². The third-order valence-electron chi connectivity index (χ3n) is 26.6. The van der Waals surface area contributed by atoms with Gasteiger partial charge in [-0.15, -0.1) is 0 Å². The van der Waals surface area contributed by atoms with Gasteiger partial charge in [-0.05, 0) is 200 Å². The number of hydrogen-bond donors (Lipinski definition) is 11. The molecule has 0 saturated heterocycles. The van der Waals surface area contributed by atoms with Crippen molar-refractivity contribution < 1.29 is 76.6 Å². The van der Waals surface area contributed by atoms with E-state index in [9.17, 15) is 38.4 Å². The number of imide groups is 2. The van der Waals surface area contributed by atoms with E-state index in [-0.39, 0.29) is 41.4 Å². The van der Waals surface area contributed by atoms with E-state index in [0.29, 0.717) is 62.0 Å². The topological polar surface area (TPSA) is 427 Å². The van der Waals surface area contributed by atoms with Crippen LogP contribution in [0.2, 0.25) is 0 Å². The molecular weight excluding hydrogens is 1710 g/mol. The van der Waals surface area contributed by atoms with Crippen molar-refractivity contribution in [2.24, 2.45) is 5.73 Å². The van der Waals surface area contributed by atoms with Gasteiger partial charge in [-0.1, -0.05) is 198 Å². The predicted molar refractivity (Wildman–Crippen MR) is 496 cm³/mol. The zero-order valence-corrected chi connectivity index (χ0v) is 78.8. The Labute approximate surface area is 760 Å². The number of carbonyl (C=O) groups is 14. The number of primary amides is 1. The fourth-order valence-electron chi connectivity index (χ4n) is 19.3. The maximum Gasteiger partial charge on any atom is 0.417 e. The lowest BCUT2D eigenvalue weighted by Crippen LogP contribution is -2.65. The molecule has 6 aliphatic rings. The molecule has 4 saturated carbocycles. The first-order valence-corrected chi connectivity index (χ1v) is 51.6. The van der Waals surface area contributed by atoms with E-state index in [2.05, 4.69) is 57.8 Å². The highest BCUT2D eigenvalue weighted by molar-refractivity contribution is 8.15. The summed E-state index contributed by atoms with van der Waals surface area (Å²) >= 11 is 14.8. The monoisotopic (exact) mass is 1830 g/mol. The van der Waals surface area contributed by atoms with Crippen molar-refractivity contribution in [2.45, 2.75) is 311 Å². The van der Waals surface area contributed by atoms with Crippen molar-refractivity contribution in [2.75, 3.05) is 25.5 Å². The summed E-state index contributed by atoms with van der Waals surface area (Å²) in [5.74, 6) is -12.0. The maximum atomic E-state index is 18.3. The van der Waals surface area contributed by atoms with E-state index in [1.807, 2.05) is 97.1 Å². The molecule has 5 aromatic rings. The van der Waals surface area contributed by atoms with Crippen LogP contribution >= 0.6 is 12.1 Å². The summed E-state index contributed by atoms with van der Waals surface area (Å²) in [7, 11) is 0. The van der Waals surface area contributed by atoms with Crippen molar-refractivity contribution in [1.82, 2.24) is 67.6 Å². The van der Waals surface area contributed by atoms with E-state index in [0.717, 1.165) is 126 Å². The van der Waals surface area contributed by atoms with E-state index >= 15 is 28.8 Å². The Hall–Kier alpha value is -10.0. The van der Waals surface area contributed by atoms with Crippen LogP contribution in [0.25, 0.3) is 22.3 Å². The van der Waals surface area contributed by atoms with Crippen LogP contribution in [0.4, 0.5) is 9.59 Å². The van der Waals surface area contributed by atoms with Gasteiger partial charge in [0.05, 0.1) is 12.0 Å². The van der Waals surface area contributed by atoms with Gasteiger partial charge in [0, 0.05) is 43.7 Å². The highest BCUT2D eigenvalue weighted by atomic mass is 32.4. The minimum Gasteiger partial charge on any atom is -0.448 e. The first-order valence-electron chi connectivity index (χ1n) is 45.4. The number of imidazole rings is 1. The molecule has 0 radical (unpaired) electrons. The van der Waals surface area contributed by atoms with Crippen molar-refractivity contribution >= 4 is 119 Å². The van der Waals surface area contributed by atoms with Gasteiger partial charge in [0.15, 0.2) is 0 Å². The number of carbonyl (C=O) groups excluding carboxylic acids is 14. The second-order valence-electron chi connectivity index (χ2n) is 36.8. The minimum absolute atomic E-state index is 0.138. The van der Waals surface area contributed by atoms with Crippen molar-refractivity contribution in [3.8, 4) is 22.3 Å². The van der Waals surface area contributed by atoms with Gasteiger partial charge in [-0.2, -0.15) is 0 Å². The molecule has 9 atom stereocenters. The van der Waals surface area contributed by atoms with Crippen LogP contribution in [0.3, 0.4) is 0 Å². The van der Waals surface area contributed by atoms with E-state index in [4.69, 9.17) is 38.8 Å². The second-order valence-corrected chi connectivity index (χ2v) is 47.9. The maximum absolute atomic E-state index is 18.3. The van der Waals surface area contributed by atoms with Crippen LogP contribution in [0.1, 0.15) is 244 Å². The summed E-state index contributed by atoms with van der Waals surface area (Å²) < 4.78 is 13.4. The SMILES string of the molecule is CC(=O)N[C@@H](C)C(=O)NC(C)(C)C(=O)N[C@@H](C)C(=O)N[C@@H](Cc1c[nH]cn1)C(=O)N[C@@H](C)C(=O)N[C@@H](C)C(=O)N(C(=O)OCC1c2ccccc2-c2ccccc21)[C@@H](CP(=S)(C1CCCCC1)C1CCCCC1)C(=O)N(C(=O)OCC1c2ccccc2-c2ccccc21)[C@@H](CP(=S)(C1CCCCC1)C1CCCCC1)C(=O)N[C@@H](C)C(=O)NC(C)(C)C(=O)N[C@@H](C)C(N)=O. The molecule has 692 valence electrons. The van der Waals surface area contributed by atoms with Crippen LogP contribution in [0, 0.1) is 0 Å². The molecule has 12 N–H and O–H groups in total. The Bertz CT molecular complexity index is 4890. The number of ether oxygens (including phenoxy) is 2. The second kappa shape index (κ2) is 43.6. The Balaban J connectivity index is 1.04. The molecule has 0 unspecified atom stereocenters. The van der Waals surface area contributed by atoms with Crippen LogP contribution < -0.4 is 53.6 Å². The molecule has 30 nitrogen and oxygen atoms in total. The summed E-state index contributed by atoms with van der Waals surface area (Å²) in [6, 6.07) is 10.3. The third kappa shape index (κ3) is 23.6. The lowest BCUT2D eigenvalue weighted by atomic mass is 9.98. The Morgan fingerprint density at radius 2 is 0.766 bits per heavy atom. The summed E-state index contributed by atoms with van der Waals surface area (Å²) in [6.45, 7) is 14.2. The molecule has 6 aliphatic carbocycles. The lowest BCUT2D eigenvalue weighted by Gasteiger charge is -2.46. The zero-order chi connectivity index (χ0) is 92.7. The molecule has 4 fully saturated rings. The fraction of sp³-hybridized carbons (Fsp3) is 0.564. The van der Waals surface area contributed by atoms with Gasteiger partial charge in [-0.25, -0.2) is 24.4 Å². The highest BCUT2D eigenvalue weighted by Gasteiger charge is 2.54. The number of aromatic amines is 1. The number of nitrogens with two attached hydrogens (primary N) is 1. The number of nitrogens with zero attached hydrogens (tertiary/aromatic N) is 3. The van der Waals surface area contributed by atoms with Crippen LogP contribution in [-0.2, 0) is 97.0 Å². The smallest absolute Gasteiger partial charge is 0.417 e. The number of hydrogen-bond acceptors (Lipinski definition) is 19. The molecule has 1 aromatic heterocycles. The van der Waals surface area contributed by atoms with E-state index in [1.165, 1.54) is 88.7 Å². The van der Waals surface area contributed by atoms with Gasteiger partial charge >= 0.3 is 12.2 Å². The quantitative estimate of drug-likeness (QED) is 0.0166. The molecule has 0 spiro atoms. The van der Waals surface area contributed by atoms with Crippen molar-refractivity contribution in [3.05, 3.63) is 138 Å². The molecule has 0 aliphatic heterocycles. The van der Waals surface area contributed by atoms with Gasteiger partial charge in [0.25, 0.3) is 11.8 Å². The summed E-state index contributed by atoms with van der Waals surface area (Å²) in [6.07, 6.45) is 14.8. The van der Waals surface area contributed by atoms with Gasteiger partial charge in [0.1, 0.15) is 78.7 Å². The van der Waals surface area contributed by atoms with Crippen LogP contribution in [0.5, 0.6) is 0 Å². The van der Waals surface area contributed by atoms with Gasteiger partial charge in [0.2, 0.25) is 59.1 Å². The van der Waals surface area contributed by atoms with Gasteiger partial charge < -0.3 is 68.0 Å². The summed E-state index contributed by atoms with van der Waals surface area (Å²) in [4.78, 5) is 219. The first-order chi connectivity index (χ1) is 60.8. The van der Waals surface area contributed by atoms with Crippen molar-refractivity contribution in [3.63, 3.8) is 0 Å². The predicted octanol–water partition coefficient (Wildman–Crippen LogP) is 10.3. The zero-order valence-electron chi connectivity index (χ0n) is 75.4. The number of aromatic nitrogens is 2. The molecular formula is C94H128N14O16P2S2. The molecule has 0 bridgehead atoms. The number of fused-ring (bicyclic) bond motifs is 6.